The highest BCUT2D eigenvalue weighted by atomic mass is 35.5. The number of nitriles is 1. The van der Waals surface area contributed by atoms with E-state index in [1.54, 1.807) is 0 Å². The predicted octanol–water partition coefficient (Wildman–Crippen LogP) is 5.64. The van der Waals surface area contributed by atoms with Crippen molar-refractivity contribution in [2.75, 3.05) is 5.32 Å². The van der Waals surface area contributed by atoms with Crippen LogP contribution in [0.25, 0.3) is 0 Å². The molecule has 1 aromatic carbocycles. The van der Waals surface area contributed by atoms with E-state index in [0.29, 0.717) is 16.4 Å². The maximum absolute atomic E-state index is 9.74. The molecule has 2 nitrogen and oxygen atoms in total. The predicted molar refractivity (Wildman–Crippen MR) is 89.4 cm³/mol. The van der Waals surface area contributed by atoms with E-state index in [2.05, 4.69) is 32.2 Å². The molecule has 1 aliphatic rings. The van der Waals surface area contributed by atoms with Crippen molar-refractivity contribution in [1.29, 1.82) is 5.26 Å². The van der Waals surface area contributed by atoms with E-state index in [1.807, 2.05) is 24.3 Å². The number of halogens is 1. The molecule has 2 rings (SSSR count). The Labute approximate surface area is 133 Å². The average molecular weight is 305 g/mol. The number of hydrogen-bond donors (Lipinski definition) is 1. The zero-order chi connectivity index (χ0) is 15.5. The number of rotatable bonds is 2. The van der Waals surface area contributed by atoms with Crippen LogP contribution in [0.2, 0.25) is 5.02 Å². The molecule has 1 N–H and O–H groups in total. The highest BCUT2D eigenvalue weighted by Crippen LogP contribution is 2.40. The summed E-state index contributed by atoms with van der Waals surface area (Å²) in [4.78, 5) is 0. The Hall–Kier alpha value is -1.20. The Morgan fingerprint density at radius 2 is 2.05 bits per heavy atom. The Morgan fingerprint density at radius 1 is 1.29 bits per heavy atom. The van der Waals surface area contributed by atoms with E-state index < -0.39 is 5.54 Å². The Balaban J connectivity index is 2.14. The van der Waals surface area contributed by atoms with Gasteiger partial charge in [0, 0.05) is 10.7 Å². The van der Waals surface area contributed by atoms with Crippen LogP contribution in [-0.2, 0) is 0 Å². The summed E-state index contributed by atoms with van der Waals surface area (Å²) in [6.45, 7) is 6.92. The van der Waals surface area contributed by atoms with E-state index >= 15 is 0 Å². The van der Waals surface area contributed by atoms with Crippen LogP contribution < -0.4 is 5.32 Å². The molecule has 1 fully saturated rings. The van der Waals surface area contributed by atoms with Gasteiger partial charge >= 0.3 is 0 Å². The average Bonchev–Trinajstić information content (AvgIpc) is 2.62. The molecular formula is C18H25ClN2. The quantitative estimate of drug-likeness (QED) is 0.718. The Kier molecular flexibility index (Phi) is 4.84. The fraction of sp³-hybridized carbons (Fsp3) is 0.611. The number of benzene rings is 1. The second-order valence-corrected chi connectivity index (χ2v) is 7.76. The summed E-state index contributed by atoms with van der Waals surface area (Å²) in [7, 11) is 0. The fourth-order valence-corrected chi connectivity index (χ4v) is 3.50. The van der Waals surface area contributed by atoms with Crippen molar-refractivity contribution in [3.8, 4) is 6.07 Å². The standard InChI is InChI=1S/C18H25ClN2/c1-17(2,3)14-6-5-10-18(13-20,11-9-14)21-16-8-4-7-15(19)12-16/h4,7-8,12,14,21H,5-6,9-11H2,1-3H3. The highest BCUT2D eigenvalue weighted by molar-refractivity contribution is 6.30. The lowest BCUT2D eigenvalue weighted by Gasteiger charge is -2.31. The number of nitrogens with one attached hydrogen (secondary N) is 1. The van der Waals surface area contributed by atoms with Crippen molar-refractivity contribution in [1.82, 2.24) is 0 Å². The van der Waals surface area contributed by atoms with Gasteiger partial charge in [0.25, 0.3) is 0 Å². The van der Waals surface area contributed by atoms with Crippen LogP contribution in [0, 0.1) is 22.7 Å². The largest absolute Gasteiger partial charge is 0.367 e. The molecule has 0 saturated heterocycles. The number of nitrogens with zero attached hydrogens (tertiary/aromatic N) is 1. The zero-order valence-electron chi connectivity index (χ0n) is 13.2. The molecule has 0 amide bonds. The van der Waals surface area contributed by atoms with E-state index in [1.165, 1.54) is 6.42 Å². The van der Waals surface area contributed by atoms with Gasteiger partial charge in [-0.05, 0) is 61.6 Å². The summed E-state index contributed by atoms with van der Waals surface area (Å²) < 4.78 is 0. The van der Waals surface area contributed by atoms with Crippen LogP contribution in [0.4, 0.5) is 5.69 Å². The monoisotopic (exact) mass is 304 g/mol. The minimum absolute atomic E-state index is 0.321. The van der Waals surface area contributed by atoms with Crippen molar-refractivity contribution in [3.05, 3.63) is 29.3 Å². The van der Waals surface area contributed by atoms with Gasteiger partial charge in [-0.2, -0.15) is 5.26 Å². The third-order valence-corrected chi connectivity index (χ3v) is 4.96. The second-order valence-electron chi connectivity index (χ2n) is 7.32. The lowest BCUT2D eigenvalue weighted by atomic mass is 9.76. The van der Waals surface area contributed by atoms with Crippen LogP contribution in [0.3, 0.4) is 0 Å². The summed E-state index contributed by atoms with van der Waals surface area (Å²) in [5, 5.41) is 13.9. The third-order valence-electron chi connectivity index (χ3n) is 4.72. The Morgan fingerprint density at radius 3 is 2.67 bits per heavy atom. The van der Waals surface area contributed by atoms with Gasteiger partial charge in [0.1, 0.15) is 5.54 Å². The first kappa shape index (κ1) is 16.2. The van der Waals surface area contributed by atoms with Gasteiger partial charge in [-0.3, -0.25) is 0 Å². The molecule has 0 radical (unpaired) electrons. The summed E-state index contributed by atoms with van der Waals surface area (Å²) in [5.74, 6) is 0.689. The van der Waals surface area contributed by atoms with Crippen LogP contribution in [0.15, 0.2) is 24.3 Å². The molecule has 21 heavy (non-hydrogen) atoms. The second kappa shape index (κ2) is 6.28. The number of hydrogen-bond acceptors (Lipinski definition) is 2. The van der Waals surface area contributed by atoms with Gasteiger partial charge in [-0.15, -0.1) is 0 Å². The molecule has 0 spiro atoms. The molecule has 0 heterocycles. The molecule has 1 saturated carbocycles. The molecule has 0 aliphatic heterocycles. The van der Waals surface area contributed by atoms with E-state index in [-0.39, 0.29) is 0 Å². The van der Waals surface area contributed by atoms with Crippen molar-refractivity contribution in [2.45, 2.75) is 58.4 Å². The van der Waals surface area contributed by atoms with Gasteiger partial charge < -0.3 is 5.32 Å². The van der Waals surface area contributed by atoms with Crippen molar-refractivity contribution >= 4 is 17.3 Å². The summed E-state index contributed by atoms with van der Waals surface area (Å²) in [6, 6.07) is 10.2. The lowest BCUT2D eigenvalue weighted by Crippen LogP contribution is -2.36. The third kappa shape index (κ3) is 4.14. The van der Waals surface area contributed by atoms with Crippen LogP contribution in [-0.4, -0.2) is 5.54 Å². The molecular weight excluding hydrogens is 280 g/mol. The normalized spacial score (nSPS) is 26.7. The summed E-state index contributed by atoms with van der Waals surface area (Å²) in [6.07, 6.45) is 5.22. The summed E-state index contributed by atoms with van der Waals surface area (Å²) >= 11 is 6.04. The van der Waals surface area contributed by atoms with Gasteiger partial charge in [0.05, 0.1) is 6.07 Å². The topological polar surface area (TPSA) is 35.8 Å². The van der Waals surface area contributed by atoms with Gasteiger partial charge in [-0.25, -0.2) is 0 Å². The smallest absolute Gasteiger partial charge is 0.125 e. The van der Waals surface area contributed by atoms with Crippen molar-refractivity contribution < 1.29 is 0 Å². The van der Waals surface area contributed by atoms with Gasteiger partial charge in [0.15, 0.2) is 0 Å². The maximum Gasteiger partial charge on any atom is 0.125 e. The molecule has 2 unspecified atom stereocenters. The van der Waals surface area contributed by atoms with Crippen molar-refractivity contribution in [2.24, 2.45) is 11.3 Å². The minimum atomic E-state index is -0.454. The van der Waals surface area contributed by atoms with E-state index in [0.717, 1.165) is 31.4 Å². The van der Waals surface area contributed by atoms with Gasteiger partial charge in [0.2, 0.25) is 0 Å². The Bertz CT molecular complexity index is 527. The van der Waals surface area contributed by atoms with Crippen molar-refractivity contribution in [3.63, 3.8) is 0 Å². The SMILES string of the molecule is CC(C)(C)C1CCCC(C#N)(Nc2cccc(Cl)c2)CC1. The molecule has 0 aromatic heterocycles. The molecule has 2 atom stereocenters. The molecule has 3 heteroatoms. The van der Waals surface area contributed by atoms with Gasteiger partial charge in [-0.1, -0.05) is 38.4 Å². The first-order chi connectivity index (χ1) is 9.85. The van der Waals surface area contributed by atoms with Crippen LogP contribution in [0.1, 0.15) is 52.9 Å². The number of anilines is 1. The fourth-order valence-electron chi connectivity index (χ4n) is 3.31. The zero-order valence-corrected chi connectivity index (χ0v) is 14.0. The molecule has 1 aliphatic carbocycles. The molecule has 0 bridgehead atoms. The highest BCUT2D eigenvalue weighted by Gasteiger charge is 2.36. The first-order valence-electron chi connectivity index (χ1n) is 7.80. The first-order valence-corrected chi connectivity index (χ1v) is 8.17. The van der Waals surface area contributed by atoms with E-state index in [9.17, 15) is 5.26 Å². The molecule has 1 aromatic rings. The maximum atomic E-state index is 9.74. The lowest BCUT2D eigenvalue weighted by molar-refractivity contribution is 0.213. The molecule has 114 valence electrons. The summed E-state index contributed by atoms with van der Waals surface area (Å²) in [5.41, 5.74) is 0.810. The van der Waals surface area contributed by atoms with E-state index in [4.69, 9.17) is 11.6 Å². The minimum Gasteiger partial charge on any atom is -0.367 e. The van der Waals surface area contributed by atoms with Crippen LogP contribution in [0.5, 0.6) is 0 Å². The van der Waals surface area contributed by atoms with Crippen LogP contribution >= 0.6 is 11.6 Å².